The standard InChI is InChI=1S/C16H23N3/c1-15(2)9-6-10-16(15,17)11-14-18-12-7-4-5-8-13(12)19(14)3/h4-5,7-8H,6,9-11,17H2,1-3H3. The minimum atomic E-state index is -0.123. The Morgan fingerprint density at radius 3 is 2.63 bits per heavy atom. The number of nitrogens with two attached hydrogens (primary N) is 1. The summed E-state index contributed by atoms with van der Waals surface area (Å²) in [5, 5.41) is 0. The van der Waals surface area contributed by atoms with Gasteiger partial charge in [-0.3, -0.25) is 0 Å². The number of benzene rings is 1. The Bertz CT molecular complexity index is 611. The van der Waals surface area contributed by atoms with E-state index in [-0.39, 0.29) is 11.0 Å². The second-order valence-electron chi connectivity index (χ2n) is 6.65. The van der Waals surface area contributed by atoms with Crippen molar-refractivity contribution in [3.63, 3.8) is 0 Å². The molecule has 0 amide bonds. The van der Waals surface area contributed by atoms with Crippen molar-refractivity contribution in [1.29, 1.82) is 0 Å². The number of aryl methyl sites for hydroxylation is 1. The third-order valence-electron chi connectivity index (χ3n) is 5.13. The Labute approximate surface area is 114 Å². The molecule has 2 aromatic rings. The van der Waals surface area contributed by atoms with E-state index in [1.165, 1.54) is 18.4 Å². The fourth-order valence-corrected chi connectivity index (χ4v) is 3.40. The van der Waals surface area contributed by atoms with E-state index in [1.807, 2.05) is 6.07 Å². The Hall–Kier alpha value is -1.35. The first-order chi connectivity index (χ1) is 8.93. The highest BCUT2D eigenvalue weighted by Crippen LogP contribution is 2.45. The lowest BCUT2D eigenvalue weighted by atomic mass is 9.73. The van der Waals surface area contributed by atoms with Crippen LogP contribution in [0.15, 0.2) is 24.3 Å². The van der Waals surface area contributed by atoms with Gasteiger partial charge in [0.2, 0.25) is 0 Å². The second kappa shape index (κ2) is 4.07. The van der Waals surface area contributed by atoms with Gasteiger partial charge in [0.15, 0.2) is 0 Å². The minimum absolute atomic E-state index is 0.123. The van der Waals surface area contributed by atoms with Crippen LogP contribution in [-0.4, -0.2) is 15.1 Å². The summed E-state index contributed by atoms with van der Waals surface area (Å²) in [5.41, 5.74) is 9.04. The SMILES string of the molecule is Cn1c(CC2(N)CCCC2(C)C)nc2ccccc21. The normalized spacial score (nSPS) is 26.1. The number of hydrogen-bond donors (Lipinski definition) is 1. The first-order valence-electron chi connectivity index (χ1n) is 7.12. The first-order valence-corrected chi connectivity index (χ1v) is 7.12. The summed E-state index contributed by atoms with van der Waals surface area (Å²) in [6, 6.07) is 8.29. The predicted molar refractivity (Wildman–Crippen MR) is 79.0 cm³/mol. The number of rotatable bonds is 2. The van der Waals surface area contributed by atoms with Gasteiger partial charge in [-0.15, -0.1) is 0 Å². The van der Waals surface area contributed by atoms with Gasteiger partial charge >= 0.3 is 0 Å². The lowest BCUT2D eigenvalue weighted by molar-refractivity contribution is 0.203. The van der Waals surface area contributed by atoms with E-state index in [1.54, 1.807) is 0 Å². The van der Waals surface area contributed by atoms with Gasteiger partial charge in [0.1, 0.15) is 5.82 Å². The number of imidazole rings is 1. The molecule has 0 aliphatic heterocycles. The summed E-state index contributed by atoms with van der Waals surface area (Å²) in [6.07, 6.45) is 4.41. The molecule has 0 bridgehead atoms. The number of aromatic nitrogens is 2. The summed E-state index contributed by atoms with van der Waals surface area (Å²) in [6.45, 7) is 4.59. The molecular weight excluding hydrogens is 234 g/mol. The molecule has 1 aliphatic rings. The first kappa shape index (κ1) is 12.7. The summed E-state index contributed by atoms with van der Waals surface area (Å²) in [7, 11) is 2.09. The lowest BCUT2D eigenvalue weighted by Crippen LogP contribution is -2.51. The van der Waals surface area contributed by atoms with Crippen molar-refractivity contribution < 1.29 is 0 Å². The molecule has 2 N–H and O–H groups in total. The molecule has 102 valence electrons. The van der Waals surface area contributed by atoms with E-state index >= 15 is 0 Å². The fourth-order valence-electron chi connectivity index (χ4n) is 3.40. The molecule has 3 heteroatoms. The summed E-state index contributed by atoms with van der Waals surface area (Å²) in [4.78, 5) is 4.77. The zero-order valence-corrected chi connectivity index (χ0v) is 12.1. The predicted octanol–water partition coefficient (Wildman–Crippen LogP) is 3.02. The van der Waals surface area contributed by atoms with Crippen LogP contribution in [0.3, 0.4) is 0 Å². The van der Waals surface area contributed by atoms with Crippen LogP contribution >= 0.6 is 0 Å². The maximum atomic E-state index is 6.71. The van der Waals surface area contributed by atoms with Crippen LogP contribution < -0.4 is 5.73 Å². The molecule has 1 aliphatic carbocycles. The maximum absolute atomic E-state index is 6.71. The van der Waals surface area contributed by atoms with Gasteiger partial charge in [-0.05, 0) is 30.4 Å². The van der Waals surface area contributed by atoms with Gasteiger partial charge in [0.05, 0.1) is 11.0 Å². The third-order valence-corrected chi connectivity index (χ3v) is 5.13. The van der Waals surface area contributed by atoms with Crippen LogP contribution in [0.2, 0.25) is 0 Å². The van der Waals surface area contributed by atoms with Gasteiger partial charge in [-0.2, -0.15) is 0 Å². The van der Waals surface area contributed by atoms with Gasteiger partial charge in [-0.25, -0.2) is 4.98 Å². The molecule has 0 saturated heterocycles. The molecule has 0 radical (unpaired) electrons. The number of nitrogens with zero attached hydrogens (tertiary/aromatic N) is 2. The average Bonchev–Trinajstić information content (AvgIpc) is 2.79. The largest absolute Gasteiger partial charge is 0.331 e. The Morgan fingerprint density at radius 2 is 2.00 bits per heavy atom. The molecule has 1 fully saturated rings. The van der Waals surface area contributed by atoms with Crippen LogP contribution in [0.25, 0.3) is 11.0 Å². The highest BCUT2D eigenvalue weighted by atomic mass is 15.1. The zero-order chi connectivity index (χ0) is 13.7. The van der Waals surface area contributed by atoms with Gasteiger partial charge < -0.3 is 10.3 Å². The minimum Gasteiger partial charge on any atom is -0.331 e. The van der Waals surface area contributed by atoms with Crippen molar-refractivity contribution in [1.82, 2.24) is 9.55 Å². The van der Waals surface area contributed by atoms with Crippen LogP contribution in [0.1, 0.15) is 38.9 Å². The molecule has 1 unspecified atom stereocenters. The van der Waals surface area contributed by atoms with Gasteiger partial charge in [0, 0.05) is 19.0 Å². The molecule has 3 nitrogen and oxygen atoms in total. The molecule has 19 heavy (non-hydrogen) atoms. The van der Waals surface area contributed by atoms with E-state index in [2.05, 4.69) is 43.7 Å². The highest BCUT2D eigenvalue weighted by molar-refractivity contribution is 5.75. The zero-order valence-electron chi connectivity index (χ0n) is 12.1. The van der Waals surface area contributed by atoms with Crippen molar-refractivity contribution in [2.45, 2.75) is 45.1 Å². The van der Waals surface area contributed by atoms with Crippen LogP contribution in [0.4, 0.5) is 0 Å². The molecule has 1 heterocycles. The van der Waals surface area contributed by atoms with Crippen LogP contribution in [-0.2, 0) is 13.5 Å². The van der Waals surface area contributed by atoms with Crippen LogP contribution in [0.5, 0.6) is 0 Å². The summed E-state index contributed by atoms with van der Waals surface area (Å²) < 4.78 is 2.19. The van der Waals surface area contributed by atoms with Gasteiger partial charge in [0.25, 0.3) is 0 Å². The molecule has 1 atom stereocenters. The Morgan fingerprint density at radius 1 is 1.26 bits per heavy atom. The fraction of sp³-hybridized carbons (Fsp3) is 0.562. The molecule has 1 saturated carbocycles. The number of para-hydroxylation sites is 2. The maximum Gasteiger partial charge on any atom is 0.111 e. The van der Waals surface area contributed by atoms with Crippen molar-refractivity contribution >= 4 is 11.0 Å². The van der Waals surface area contributed by atoms with E-state index < -0.39 is 0 Å². The molecule has 0 spiro atoms. The topological polar surface area (TPSA) is 43.8 Å². The molecule has 1 aromatic carbocycles. The van der Waals surface area contributed by atoms with Gasteiger partial charge in [-0.1, -0.05) is 32.4 Å². The van der Waals surface area contributed by atoms with Crippen molar-refractivity contribution in [3.8, 4) is 0 Å². The van der Waals surface area contributed by atoms with Crippen molar-refractivity contribution in [2.75, 3.05) is 0 Å². The van der Waals surface area contributed by atoms with E-state index in [4.69, 9.17) is 10.7 Å². The molecular formula is C16H23N3. The molecule has 1 aromatic heterocycles. The summed E-state index contributed by atoms with van der Waals surface area (Å²) >= 11 is 0. The third kappa shape index (κ3) is 1.88. The highest BCUT2D eigenvalue weighted by Gasteiger charge is 2.46. The Balaban J connectivity index is 2.00. The average molecular weight is 257 g/mol. The smallest absolute Gasteiger partial charge is 0.111 e. The van der Waals surface area contributed by atoms with E-state index in [9.17, 15) is 0 Å². The quantitative estimate of drug-likeness (QED) is 0.898. The van der Waals surface area contributed by atoms with Crippen molar-refractivity contribution in [3.05, 3.63) is 30.1 Å². The lowest BCUT2D eigenvalue weighted by Gasteiger charge is -2.38. The van der Waals surface area contributed by atoms with Crippen molar-refractivity contribution in [2.24, 2.45) is 18.2 Å². The Kier molecular flexibility index (Phi) is 2.72. The second-order valence-corrected chi connectivity index (χ2v) is 6.65. The molecule has 3 rings (SSSR count). The monoisotopic (exact) mass is 257 g/mol. The summed E-state index contributed by atoms with van der Waals surface area (Å²) in [5.74, 6) is 1.11. The van der Waals surface area contributed by atoms with E-state index in [0.717, 1.165) is 24.2 Å². The van der Waals surface area contributed by atoms with E-state index in [0.29, 0.717) is 0 Å². The number of fused-ring (bicyclic) bond motifs is 1. The van der Waals surface area contributed by atoms with Crippen LogP contribution in [0, 0.1) is 5.41 Å². The number of hydrogen-bond acceptors (Lipinski definition) is 2.